The Labute approximate surface area is 204 Å². The van der Waals surface area contributed by atoms with Crippen molar-refractivity contribution in [3.05, 3.63) is 107 Å². The Morgan fingerprint density at radius 3 is 2.34 bits per heavy atom. The Hall–Kier alpha value is -4.26. The zero-order chi connectivity index (χ0) is 24.4. The highest BCUT2D eigenvalue weighted by molar-refractivity contribution is 5.97. The molecule has 0 spiro atoms. The molecule has 2 N–H and O–H groups in total. The minimum absolute atomic E-state index is 0.105. The summed E-state index contributed by atoms with van der Waals surface area (Å²) in [6.07, 6.45) is 8.57. The van der Waals surface area contributed by atoms with Gasteiger partial charge in [0.25, 0.3) is 0 Å². The molecule has 5 rings (SSSR count). The summed E-state index contributed by atoms with van der Waals surface area (Å²) in [6, 6.07) is 16.4. The smallest absolute Gasteiger partial charge is 0.166 e. The van der Waals surface area contributed by atoms with Crippen molar-refractivity contribution in [3.63, 3.8) is 0 Å². The number of carbonyl (C=O) groups is 1. The van der Waals surface area contributed by atoms with E-state index in [2.05, 4.69) is 45.5 Å². The number of benzene rings is 2. The van der Waals surface area contributed by atoms with Gasteiger partial charge < -0.3 is 5.73 Å². The van der Waals surface area contributed by atoms with Crippen LogP contribution >= 0.6 is 0 Å². The number of nitrogens with zero attached hydrogens (tertiary/aromatic N) is 5. The third kappa shape index (κ3) is 5.14. The first-order valence-corrected chi connectivity index (χ1v) is 11.7. The lowest BCUT2D eigenvalue weighted by Crippen LogP contribution is -2.03. The van der Waals surface area contributed by atoms with Gasteiger partial charge in [0.2, 0.25) is 0 Å². The van der Waals surface area contributed by atoms with E-state index in [1.54, 1.807) is 6.20 Å². The van der Waals surface area contributed by atoms with Crippen LogP contribution in [0.3, 0.4) is 0 Å². The molecule has 0 bridgehead atoms. The van der Waals surface area contributed by atoms with Gasteiger partial charge in [0.15, 0.2) is 5.78 Å². The van der Waals surface area contributed by atoms with Crippen molar-refractivity contribution in [1.82, 2.24) is 24.5 Å². The Balaban J connectivity index is 1.21. The molecule has 0 amide bonds. The van der Waals surface area contributed by atoms with Crippen molar-refractivity contribution in [2.75, 3.05) is 5.73 Å². The molecule has 7 nitrogen and oxygen atoms in total. The maximum Gasteiger partial charge on any atom is 0.166 e. The third-order valence-electron chi connectivity index (χ3n) is 6.22. The van der Waals surface area contributed by atoms with Gasteiger partial charge in [-0.05, 0) is 54.0 Å². The Bertz CT molecular complexity index is 1500. The first-order chi connectivity index (χ1) is 16.9. The fourth-order valence-electron chi connectivity index (χ4n) is 4.35. The molecule has 0 aliphatic carbocycles. The van der Waals surface area contributed by atoms with Crippen LogP contribution in [0.2, 0.25) is 0 Å². The van der Waals surface area contributed by atoms with Crippen LogP contribution in [-0.2, 0) is 19.5 Å². The second-order valence-electron chi connectivity index (χ2n) is 9.03. The van der Waals surface area contributed by atoms with Crippen LogP contribution in [0.5, 0.6) is 0 Å². The van der Waals surface area contributed by atoms with E-state index in [1.807, 2.05) is 60.0 Å². The van der Waals surface area contributed by atoms with E-state index in [0.717, 1.165) is 39.7 Å². The number of Topliss-reactive ketones (excluding diaryl/α,β-unsaturated/α-hetero) is 1. The molecular weight excluding hydrogens is 436 g/mol. The van der Waals surface area contributed by atoms with E-state index in [0.29, 0.717) is 30.8 Å². The van der Waals surface area contributed by atoms with Gasteiger partial charge in [-0.15, -0.1) is 0 Å². The maximum absolute atomic E-state index is 13.0. The third-order valence-corrected chi connectivity index (χ3v) is 6.22. The SMILES string of the molecule is Cc1cnn(Cc2ccc(Cn3cc(C(=O)CCc4ccc5c(N)nccc5c4)c(C)n3)cc2)c1. The first kappa shape index (κ1) is 22.5. The summed E-state index contributed by atoms with van der Waals surface area (Å²) in [6.45, 7) is 5.30. The molecule has 0 fully saturated rings. The van der Waals surface area contributed by atoms with Gasteiger partial charge in [-0.2, -0.15) is 10.2 Å². The lowest BCUT2D eigenvalue weighted by Gasteiger charge is -2.05. The molecule has 0 radical (unpaired) electrons. The summed E-state index contributed by atoms with van der Waals surface area (Å²) in [5, 5.41) is 10.9. The minimum Gasteiger partial charge on any atom is -0.383 e. The number of rotatable bonds is 8. The lowest BCUT2D eigenvalue weighted by molar-refractivity contribution is 0.0982. The number of ketones is 1. The zero-order valence-corrected chi connectivity index (χ0v) is 20.0. The number of nitrogens with two attached hydrogens (primary N) is 1. The van der Waals surface area contributed by atoms with Crippen molar-refractivity contribution < 1.29 is 4.79 Å². The van der Waals surface area contributed by atoms with Crippen LogP contribution in [0.25, 0.3) is 10.8 Å². The Kier molecular flexibility index (Phi) is 6.14. The molecule has 176 valence electrons. The van der Waals surface area contributed by atoms with E-state index in [-0.39, 0.29) is 5.78 Å². The minimum atomic E-state index is 0.105. The average Bonchev–Trinajstić information content (AvgIpc) is 3.43. The lowest BCUT2D eigenvalue weighted by atomic mass is 10.0. The number of hydrogen-bond donors (Lipinski definition) is 1. The summed E-state index contributed by atoms with van der Waals surface area (Å²) in [4.78, 5) is 17.1. The van der Waals surface area contributed by atoms with Gasteiger partial charge in [-0.25, -0.2) is 4.98 Å². The van der Waals surface area contributed by atoms with Crippen molar-refractivity contribution in [3.8, 4) is 0 Å². The number of hydrogen-bond acceptors (Lipinski definition) is 5. The molecule has 0 unspecified atom stereocenters. The van der Waals surface area contributed by atoms with Gasteiger partial charge in [0, 0.05) is 30.4 Å². The van der Waals surface area contributed by atoms with Gasteiger partial charge in [-0.1, -0.05) is 42.5 Å². The molecule has 5 aromatic rings. The molecule has 0 atom stereocenters. The van der Waals surface area contributed by atoms with Gasteiger partial charge in [0.05, 0.1) is 30.5 Å². The monoisotopic (exact) mass is 464 g/mol. The fourth-order valence-corrected chi connectivity index (χ4v) is 4.35. The van der Waals surface area contributed by atoms with Gasteiger partial charge >= 0.3 is 0 Å². The van der Waals surface area contributed by atoms with Crippen LogP contribution in [0.4, 0.5) is 5.82 Å². The summed E-state index contributed by atoms with van der Waals surface area (Å²) in [5.74, 6) is 0.628. The number of fused-ring (bicyclic) bond motifs is 1. The molecule has 3 heterocycles. The fraction of sp³-hybridized carbons (Fsp3) is 0.214. The van der Waals surface area contributed by atoms with Crippen LogP contribution in [-0.4, -0.2) is 30.3 Å². The topological polar surface area (TPSA) is 91.6 Å². The number of pyridine rings is 1. The largest absolute Gasteiger partial charge is 0.383 e. The molecule has 3 aromatic heterocycles. The van der Waals surface area contributed by atoms with E-state index in [9.17, 15) is 4.79 Å². The number of aromatic nitrogens is 5. The van der Waals surface area contributed by atoms with Gasteiger partial charge in [0.1, 0.15) is 5.82 Å². The normalized spacial score (nSPS) is 11.3. The van der Waals surface area contributed by atoms with Gasteiger partial charge in [-0.3, -0.25) is 14.2 Å². The number of carbonyl (C=O) groups excluding carboxylic acids is 1. The van der Waals surface area contributed by atoms with Crippen molar-refractivity contribution in [1.29, 1.82) is 0 Å². The molecule has 2 aromatic carbocycles. The van der Waals surface area contributed by atoms with E-state index >= 15 is 0 Å². The second kappa shape index (κ2) is 9.54. The quantitative estimate of drug-likeness (QED) is 0.335. The molecule has 0 aliphatic heterocycles. The number of anilines is 1. The van der Waals surface area contributed by atoms with Crippen LogP contribution in [0.1, 0.15) is 44.7 Å². The number of nitrogen functional groups attached to an aromatic ring is 1. The predicted molar refractivity (Wildman–Crippen MR) is 137 cm³/mol. The molecule has 0 aliphatic rings. The van der Waals surface area contributed by atoms with Crippen LogP contribution in [0, 0.1) is 13.8 Å². The van der Waals surface area contributed by atoms with E-state index in [4.69, 9.17) is 5.73 Å². The maximum atomic E-state index is 13.0. The number of aryl methyl sites for hydroxylation is 3. The highest BCUT2D eigenvalue weighted by Crippen LogP contribution is 2.21. The van der Waals surface area contributed by atoms with E-state index in [1.165, 1.54) is 5.56 Å². The molecule has 0 saturated heterocycles. The molecule has 0 saturated carbocycles. The van der Waals surface area contributed by atoms with Crippen molar-refractivity contribution in [2.45, 2.75) is 39.8 Å². The van der Waals surface area contributed by atoms with E-state index < -0.39 is 0 Å². The molecule has 35 heavy (non-hydrogen) atoms. The second-order valence-corrected chi connectivity index (χ2v) is 9.03. The van der Waals surface area contributed by atoms with Crippen molar-refractivity contribution >= 4 is 22.4 Å². The highest BCUT2D eigenvalue weighted by Gasteiger charge is 2.14. The highest BCUT2D eigenvalue weighted by atomic mass is 16.1. The summed E-state index contributed by atoms with van der Waals surface area (Å²) >= 11 is 0. The average molecular weight is 465 g/mol. The first-order valence-electron chi connectivity index (χ1n) is 11.7. The van der Waals surface area contributed by atoms with Crippen molar-refractivity contribution in [2.24, 2.45) is 0 Å². The standard InChI is InChI=1S/C28H28N6O/c1-19-14-31-33(15-19)16-22-3-5-23(6-4-22)17-34-18-26(20(2)32-34)27(35)10-8-21-7-9-25-24(13-21)11-12-30-28(25)29/h3-7,9,11-15,18H,8,10,16-17H2,1-2H3,(H2,29,30). The Morgan fingerprint density at radius 2 is 1.63 bits per heavy atom. The zero-order valence-electron chi connectivity index (χ0n) is 20.0. The predicted octanol–water partition coefficient (Wildman–Crippen LogP) is 4.74. The molecule has 7 heteroatoms. The Morgan fingerprint density at radius 1 is 0.914 bits per heavy atom. The van der Waals surface area contributed by atoms with Crippen LogP contribution < -0.4 is 5.73 Å². The van der Waals surface area contributed by atoms with Crippen LogP contribution in [0.15, 0.2) is 73.3 Å². The summed E-state index contributed by atoms with van der Waals surface area (Å²) < 4.78 is 3.78. The summed E-state index contributed by atoms with van der Waals surface area (Å²) in [7, 11) is 0. The summed E-state index contributed by atoms with van der Waals surface area (Å²) in [5.41, 5.74) is 12.0. The molecular formula is C28H28N6O.